The van der Waals surface area contributed by atoms with Gasteiger partial charge < -0.3 is 5.32 Å². The minimum Gasteiger partial charge on any atom is -0.313 e. The van der Waals surface area contributed by atoms with Gasteiger partial charge in [0.2, 0.25) is 0 Å². The number of benzene rings is 1. The van der Waals surface area contributed by atoms with Crippen molar-refractivity contribution in [1.29, 1.82) is 0 Å². The first-order valence-corrected chi connectivity index (χ1v) is 8.91. The third-order valence-electron chi connectivity index (χ3n) is 2.90. The molecule has 20 heavy (non-hydrogen) atoms. The summed E-state index contributed by atoms with van der Waals surface area (Å²) < 4.78 is 14.4. The third kappa shape index (κ3) is 6.59. The highest BCUT2D eigenvalue weighted by atomic mass is 79.9. The maximum atomic E-state index is 13.6. The topological polar surface area (TPSA) is 12.0 Å². The lowest BCUT2D eigenvalue weighted by molar-refractivity contribution is 0.544. The van der Waals surface area contributed by atoms with Crippen LogP contribution in [0.2, 0.25) is 0 Å². The summed E-state index contributed by atoms with van der Waals surface area (Å²) in [5.41, 5.74) is 1.04. The molecule has 0 aliphatic carbocycles. The van der Waals surface area contributed by atoms with Gasteiger partial charge in [0, 0.05) is 16.5 Å². The van der Waals surface area contributed by atoms with Crippen LogP contribution in [-0.4, -0.2) is 23.1 Å². The van der Waals surface area contributed by atoms with Crippen molar-refractivity contribution in [2.24, 2.45) is 0 Å². The Kier molecular flexibility index (Phi) is 7.56. The van der Waals surface area contributed by atoms with Crippen molar-refractivity contribution in [3.05, 3.63) is 34.1 Å². The average Bonchev–Trinajstić information content (AvgIpc) is 2.37. The average molecular weight is 362 g/mol. The number of nitrogens with one attached hydrogen (secondary N) is 1. The summed E-state index contributed by atoms with van der Waals surface area (Å²) in [4.78, 5) is 0. The van der Waals surface area contributed by atoms with Crippen LogP contribution in [0.1, 0.15) is 39.7 Å². The van der Waals surface area contributed by atoms with Crippen LogP contribution in [0.25, 0.3) is 0 Å². The first-order chi connectivity index (χ1) is 9.33. The fraction of sp³-hybridized carbons (Fsp3) is 0.625. The molecule has 1 rings (SSSR count). The van der Waals surface area contributed by atoms with Gasteiger partial charge in [-0.1, -0.05) is 39.8 Å². The van der Waals surface area contributed by atoms with E-state index in [0.717, 1.165) is 30.7 Å². The molecule has 0 aromatic heterocycles. The number of halogens is 2. The smallest absolute Gasteiger partial charge is 0.137 e. The Balaban J connectivity index is 2.70. The van der Waals surface area contributed by atoms with Crippen molar-refractivity contribution in [2.45, 2.75) is 51.3 Å². The molecule has 1 aromatic rings. The molecule has 0 heterocycles. The number of thioether (sulfide) groups is 1. The van der Waals surface area contributed by atoms with Gasteiger partial charge in [-0.3, -0.25) is 0 Å². The van der Waals surface area contributed by atoms with Gasteiger partial charge in [-0.05, 0) is 46.9 Å². The highest BCUT2D eigenvalue weighted by molar-refractivity contribution is 9.10. The molecule has 0 radical (unpaired) electrons. The molecular weight excluding hydrogens is 337 g/mol. The summed E-state index contributed by atoms with van der Waals surface area (Å²) in [6.45, 7) is 9.85. The summed E-state index contributed by atoms with van der Waals surface area (Å²) in [5.74, 6) is 0.854. The molecule has 0 spiro atoms. The Bertz CT molecular complexity index is 417. The fourth-order valence-electron chi connectivity index (χ4n) is 1.86. The molecule has 1 N–H and O–H groups in total. The third-order valence-corrected chi connectivity index (χ3v) is 5.22. The lowest BCUT2D eigenvalue weighted by Gasteiger charge is -2.24. The second-order valence-electron chi connectivity index (χ2n) is 5.99. The quantitative estimate of drug-likeness (QED) is 0.730. The second-order valence-corrected chi connectivity index (χ2v) is 8.63. The number of hydrogen-bond donors (Lipinski definition) is 1. The van der Waals surface area contributed by atoms with Gasteiger partial charge in [-0.15, -0.1) is 0 Å². The predicted octanol–water partition coefficient (Wildman–Crippen LogP) is 5.03. The molecule has 0 aliphatic rings. The van der Waals surface area contributed by atoms with E-state index >= 15 is 0 Å². The minimum absolute atomic E-state index is 0.180. The second kappa shape index (κ2) is 8.40. The molecule has 1 atom stereocenters. The van der Waals surface area contributed by atoms with E-state index in [-0.39, 0.29) is 10.6 Å². The number of rotatable bonds is 7. The van der Waals surface area contributed by atoms with E-state index in [4.69, 9.17) is 0 Å². The molecule has 1 unspecified atom stereocenters. The maximum absolute atomic E-state index is 13.6. The molecule has 0 bridgehead atoms. The summed E-state index contributed by atoms with van der Waals surface area (Å²) in [6.07, 6.45) is 1.96. The van der Waals surface area contributed by atoms with Crippen LogP contribution in [0, 0.1) is 5.82 Å². The predicted molar refractivity (Wildman–Crippen MR) is 92.1 cm³/mol. The van der Waals surface area contributed by atoms with Crippen LogP contribution in [0.3, 0.4) is 0 Å². The zero-order valence-corrected chi connectivity index (χ0v) is 15.2. The van der Waals surface area contributed by atoms with Crippen LogP contribution in [0.5, 0.6) is 0 Å². The van der Waals surface area contributed by atoms with Crippen LogP contribution in [0.4, 0.5) is 4.39 Å². The van der Waals surface area contributed by atoms with Gasteiger partial charge in [0.15, 0.2) is 0 Å². The Labute approximate surface area is 135 Å². The van der Waals surface area contributed by atoms with Gasteiger partial charge in [-0.25, -0.2) is 4.39 Å². The maximum Gasteiger partial charge on any atom is 0.137 e. The Morgan fingerprint density at radius 1 is 1.35 bits per heavy atom. The van der Waals surface area contributed by atoms with Crippen molar-refractivity contribution in [3.63, 3.8) is 0 Å². The highest BCUT2D eigenvalue weighted by Crippen LogP contribution is 2.26. The lowest BCUT2D eigenvalue weighted by Crippen LogP contribution is -2.35. The highest BCUT2D eigenvalue weighted by Gasteiger charge is 2.17. The molecule has 1 nitrogen and oxygen atoms in total. The molecule has 0 aliphatic heterocycles. The zero-order chi connectivity index (χ0) is 15.2. The molecule has 0 saturated carbocycles. The Morgan fingerprint density at radius 3 is 2.65 bits per heavy atom. The summed E-state index contributed by atoms with van der Waals surface area (Å²) in [6, 6.07) is 5.64. The van der Waals surface area contributed by atoms with Crippen molar-refractivity contribution in [3.8, 4) is 0 Å². The van der Waals surface area contributed by atoms with Crippen molar-refractivity contribution < 1.29 is 4.39 Å². The van der Waals surface area contributed by atoms with Crippen LogP contribution in [0.15, 0.2) is 22.7 Å². The van der Waals surface area contributed by atoms with Crippen molar-refractivity contribution >= 4 is 27.7 Å². The largest absolute Gasteiger partial charge is 0.313 e. The van der Waals surface area contributed by atoms with Gasteiger partial charge in [0.25, 0.3) is 0 Å². The summed E-state index contributed by atoms with van der Waals surface area (Å²) in [7, 11) is 0. The van der Waals surface area contributed by atoms with E-state index in [0.29, 0.717) is 10.5 Å². The number of hydrogen-bond acceptors (Lipinski definition) is 2. The van der Waals surface area contributed by atoms with Gasteiger partial charge in [0.1, 0.15) is 5.82 Å². The molecule has 114 valence electrons. The van der Waals surface area contributed by atoms with Gasteiger partial charge >= 0.3 is 0 Å². The first kappa shape index (κ1) is 18.0. The Hall–Kier alpha value is -0.0600. The van der Waals surface area contributed by atoms with Crippen molar-refractivity contribution in [1.82, 2.24) is 5.32 Å². The van der Waals surface area contributed by atoms with Crippen LogP contribution in [-0.2, 0) is 6.42 Å². The molecule has 4 heteroatoms. The summed E-state index contributed by atoms with van der Waals surface area (Å²) in [5, 5.41) is 3.57. The SMILES string of the molecule is CCCNC(CSC(C)(C)C)Cc1cccc(F)c1Br. The Morgan fingerprint density at radius 2 is 2.05 bits per heavy atom. The van der Waals surface area contributed by atoms with Crippen LogP contribution < -0.4 is 5.32 Å². The van der Waals surface area contributed by atoms with E-state index in [2.05, 4.69) is 48.9 Å². The first-order valence-electron chi connectivity index (χ1n) is 7.13. The van der Waals surface area contributed by atoms with Crippen LogP contribution >= 0.6 is 27.7 Å². The molecule has 0 fully saturated rings. The zero-order valence-electron chi connectivity index (χ0n) is 12.8. The molecule has 0 saturated heterocycles. The molecule has 1 aromatic carbocycles. The fourth-order valence-corrected chi connectivity index (χ4v) is 3.22. The van der Waals surface area contributed by atoms with E-state index < -0.39 is 0 Å². The van der Waals surface area contributed by atoms with E-state index in [1.54, 1.807) is 6.07 Å². The monoisotopic (exact) mass is 361 g/mol. The van der Waals surface area contributed by atoms with Gasteiger partial charge in [0.05, 0.1) is 4.47 Å². The lowest BCUT2D eigenvalue weighted by atomic mass is 10.1. The molecular formula is C16H25BrFNS. The van der Waals surface area contributed by atoms with Gasteiger partial charge in [-0.2, -0.15) is 11.8 Å². The van der Waals surface area contributed by atoms with Crippen molar-refractivity contribution in [2.75, 3.05) is 12.3 Å². The minimum atomic E-state index is -0.180. The van der Waals surface area contributed by atoms with E-state index in [9.17, 15) is 4.39 Å². The standard InChI is InChI=1S/C16H25BrFNS/c1-5-9-19-13(11-20-16(2,3)4)10-12-7-6-8-14(18)15(12)17/h6-8,13,19H,5,9-11H2,1-4H3. The summed E-state index contributed by atoms with van der Waals surface area (Å²) >= 11 is 5.31. The molecule has 0 amide bonds. The normalized spacial score (nSPS) is 13.5. The van der Waals surface area contributed by atoms with E-state index in [1.165, 1.54) is 6.07 Å². The van der Waals surface area contributed by atoms with E-state index in [1.807, 2.05) is 17.8 Å².